The van der Waals surface area contributed by atoms with E-state index in [4.69, 9.17) is 0 Å². The molecule has 23 heavy (non-hydrogen) atoms. The van der Waals surface area contributed by atoms with E-state index in [-0.39, 0.29) is 10.7 Å². The van der Waals surface area contributed by atoms with E-state index in [0.29, 0.717) is 15.6 Å². The van der Waals surface area contributed by atoms with Crippen molar-refractivity contribution in [3.8, 4) is 0 Å². The van der Waals surface area contributed by atoms with E-state index in [2.05, 4.69) is 21.4 Å². The Balaban J connectivity index is 2.11. The maximum atomic E-state index is 12.1. The van der Waals surface area contributed by atoms with Crippen LogP contribution in [0.15, 0.2) is 57.9 Å². The molecule has 0 fully saturated rings. The summed E-state index contributed by atoms with van der Waals surface area (Å²) in [5, 5.41) is 0. The molecule has 0 unspecified atom stereocenters. The van der Waals surface area contributed by atoms with Gasteiger partial charge in [-0.2, -0.15) is 0 Å². The monoisotopic (exact) mass is 396 g/mol. The molecule has 6 nitrogen and oxygen atoms in total. The Bertz CT molecular complexity index is 848. The minimum atomic E-state index is -3.93. The number of ketones is 1. The van der Waals surface area contributed by atoms with Crippen LogP contribution in [0.2, 0.25) is 0 Å². The molecule has 0 aliphatic heterocycles. The third kappa shape index (κ3) is 4.25. The van der Waals surface area contributed by atoms with Crippen molar-refractivity contribution >= 4 is 37.6 Å². The number of carbonyl (C=O) groups excluding carboxylic acids is 2. The van der Waals surface area contributed by atoms with E-state index < -0.39 is 15.9 Å². The summed E-state index contributed by atoms with van der Waals surface area (Å²) >= 11 is 3.21. The van der Waals surface area contributed by atoms with Crippen LogP contribution in [-0.4, -0.2) is 20.1 Å². The van der Waals surface area contributed by atoms with Crippen molar-refractivity contribution in [2.24, 2.45) is 0 Å². The van der Waals surface area contributed by atoms with Gasteiger partial charge in [0.1, 0.15) is 0 Å². The SMILES string of the molecule is CC(=O)c1ccc(S(=O)(=O)NNC(=O)c2ccccc2Br)cc1. The number of hydrazine groups is 1. The number of benzene rings is 2. The lowest BCUT2D eigenvalue weighted by molar-refractivity contribution is 0.0943. The smallest absolute Gasteiger partial charge is 0.267 e. The van der Waals surface area contributed by atoms with E-state index in [1.807, 2.05) is 4.83 Å². The van der Waals surface area contributed by atoms with Crippen LogP contribution in [-0.2, 0) is 10.0 Å². The van der Waals surface area contributed by atoms with Gasteiger partial charge in [0.05, 0.1) is 10.5 Å². The Kier molecular flexibility index (Phi) is 5.30. The quantitative estimate of drug-likeness (QED) is 0.598. The second kappa shape index (κ2) is 7.03. The summed E-state index contributed by atoms with van der Waals surface area (Å²) in [5.74, 6) is -0.759. The van der Waals surface area contributed by atoms with Gasteiger partial charge in [-0.3, -0.25) is 15.0 Å². The number of carbonyl (C=O) groups is 2. The molecule has 2 rings (SSSR count). The zero-order chi connectivity index (χ0) is 17.0. The van der Waals surface area contributed by atoms with Crippen LogP contribution in [0.4, 0.5) is 0 Å². The molecule has 0 saturated heterocycles. The zero-order valence-electron chi connectivity index (χ0n) is 12.0. The predicted molar refractivity (Wildman–Crippen MR) is 88.4 cm³/mol. The molecule has 1 amide bonds. The Morgan fingerprint density at radius 1 is 1.00 bits per heavy atom. The van der Waals surface area contributed by atoms with Crippen LogP contribution in [0.25, 0.3) is 0 Å². The summed E-state index contributed by atoms with van der Waals surface area (Å²) in [6.45, 7) is 1.39. The molecule has 0 aliphatic rings. The van der Waals surface area contributed by atoms with Crippen molar-refractivity contribution in [3.63, 3.8) is 0 Å². The molecule has 2 N–H and O–H groups in total. The summed E-state index contributed by atoms with van der Waals surface area (Å²) in [7, 11) is -3.93. The van der Waals surface area contributed by atoms with Gasteiger partial charge in [0.25, 0.3) is 15.9 Å². The number of halogens is 1. The molecule has 0 radical (unpaired) electrons. The topological polar surface area (TPSA) is 92.3 Å². The summed E-state index contributed by atoms with van der Waals surface area (Å²) in [4.78, 5) is 25.1. The van der Waals surface area contributed by atoms with Crippen LogP contribution in [0.1, 0.15) is 27.6 Å². The molecule has 0 atom stereocenters. The Morgan fingerprint density at radius 2 is 1.61 bits per heavy atom. The molecule has 0 aromatic heterocycles. The Hall–Kier alpha value is -2.03. The molecule has 0 spiro atoms. The number of hydrogen-bond donors (Lipinski definition) is 2. The lowest BCUT2D eigenvalue weighted by Gasteiger charge is -2.09. The van der Waals surface area contributed by atoms with E-state index in [9.17, 15) is 18.0 Å². The van der Waals surface area contributed by atoms with Crippen LogP contribution in [0, 0.1) is 0 Å². The van der Waals surface area contributed by atoms with Gasteiger partial charge in [0.2, 0.25) is 0 Å². The molecule has 8 heteroatoms. The van der Waals surface area contributed by atoms with Gasteiger partial charge in [-0.15, -0.1) is 4.83 Å². The van der Waals surface area contributed by atoms with Gasteiger partial charge in [0, 0.05) is 10.0 Å². The highest BCUT2D eigenvalue weighted by atomic mass is 79.9. The lowest BCUT2D eigenvalue weighted by Crippen LogP contribution is -2.41. The molecular weight excluding hydrogens is 384 g/mol. The fourth-order valence-electron chi connectivity index (χ4n) is 1.75. The molecule has 0 saturated carbocycles. The highest BCUT2D eigenvalue weighted by Crippen LogP contribution is 2.15. The van der Waals surface area contributed by atoms with Crippen LogP contribution >= 0.6 is 15.9 Å². The van der Waals surface area contributed by atoms with Gasteiger partial charge in [0.15, 0.2) is 5.78 Å². The van der Waals surface area contributed by atoms with Crippen LogP contribution < -0.4 is 10.3 Å². The predicted octanol–water partition coefficient (Wildman–Crippen LogP) is 2.28. The average molecular weight is 397 g/mol. The molecule has 2 aromatic carbocycles. The van der Waals surface area contributed by atoms with E-state index in [1.165, 1.54) is 31.2 Å². The van der Waals surface area contributed by atoms with Gasteiger partial charge >= 0.3 is 0 Å². The number of amides is 1. The maximum absolute atomic E-state index is 12.1. The second-order valence-corrected chi connectivity index (χ2v) is 7.16. The minimum Gasteiger partial charge on any atom is -0.295 e. The number of sulfonamides is 1. The summed E-state index contributed by atoms with van der Waals surface area (Å²) < 4.78 is 24.8. The van der Waals surface area contributed by atoms with Crippen molar-refractivity contribution in [2.45, 2.75) is 11.8 Å². The van der Waals surface area contributed by atoms with Gasteiger partial charge < -0.3 is 0 Å². The van der Waals surface area contributed by atoms with Gasteiger partial charge in [-0.25, -0.2) is 8.42 Å². The number of rotatable bonds is 5. The summed E-state index contributed by atoms with van der Waals surface area (Å²) in [5.41, 5.74) is 2.84. The fourth-order valence-corrected chi connectivity index (χ4v) is 3.06. The summed E-state index contributed by atoms with van der Waals surface area (Å²) in [6, 6.07) is 12.0. The third-order valence-electron chi connectivity index (χ3n) is 2.99. The third-order valence-corrected chi connectivity index (χ3v) is 4.94. The van der Waals surface area contributed by atoms with Crippen LogP contribution in [0.5, 0.6) is 0 Å². The largest absolute Gasteiger partial charge is 0.295 e. The lowest BCUT2D eigenvalue weighted by atomic mass is 10.2. The van der Waals surface area contributed by atoms with E-state index >= 15 is 0 Å². The second-order valence-electron chi connectivity index (χ2n) is 4.62. The zero-order valence-corrected chi connectivity index (χ0v) is 14.4. The Morgan fingerprint density at radius 3 is 2.17 bits per heavy atom. The molecule has 0 bridgehead atoms. The van der Waals surface area contributed by atoms with Crippen molar-refractivity contribution in [2.75, 3.05) is 0 Å². The average Bonchev–Trinajstić information content (AvgIpc) is 2.53. The van der Waals surface area contributed by atoms with E-state index in [0.717, 1.165) is 0 Å². The summed E-state index contributed by atoms with van der Waals surface area (Å²) in [6.07, 6.45) is 0. The Labute approximate surface area is 142 Å². The maximum Gasteiger partial charge on any atom is 0.267 e. The number of hydrogen-bond acceptors (Lipinski definition) is 4. The molecular formula is C15H13BrN2O4S. The number of Topliss-reactive ketones (excluding diaryl/α,β-unsaturated/α-hetero) is 1. The minimum absolute atomic E-state index is 0.0603. The van der Waals surface area contributed by atoms with Gasteiger partial charge in [-0.1, -0.05) is 24.3 Å². The van der Waals surface area contributed by atoms with Crippen LogP contribution in [0.3, 0.4) is 0 Å². The standard InChI is InChI=1S/C15H13BrN2O4S/c1-10(19)11-6-8-12(9-7-11)23(21,22)18-17-15(20)13-4-2-3-5-14(13)16/h2-9,18H,1H3,(H,17,20). The first-order valence-corrected chi connectivity index (χ1v) is 8.76. The highest BCUT2D eigenvalue weighted by molar-refractivity contribution is 9.10. The first-order chi connectivity index (χ1) is 10.8. The van der Waals surface area contributed by atoms with Crippen molar-refractivity contribution in [1.29, 1.82) is 0 Å². The fraction of sp³-hybridized carbons (Fsp3) is 0.0667. The van der Waals surface area contributed by atoms with Gasteiger partial charge in [-0.05, 0) is 47.1 Å². The normalized spacial score (nSPS) is 11.0. The van der Waals surface area contributed by atoms with E-state index in [1.54, 1.807) is 24.3 Å². The number of nitrogens with one attached hydrogen (secondary N) is 2. The van der Waals surface area contributed by atoms with Crippen molar-refractivity contribution in [3.05, 3.63) is 64.1 Å². The molecule has 120 valence electrons. The highest BCUT2D eigenvalue weighted by Gasteiger charge is 2.17. The first-order valence-electron chi connectivity index (χ1n) is 6.49. The van der Waals surface area contributed by atoms with Crippen molar-refractivity contribution < 1.29 is 18.0 Å². The molecule has 2 aromatic rings. The first kappa shape index (κ1) is 17.3. The molecule has 0 aliphatic carbocycles. The van der Waals surface area contributed by atoms with Crippen molar-refractivity contribution in [1.82, 2.24) is 10.3 Å². The molecule has 0 heterocycles.